The van der Waals surface area contributed by atoms with Crippen LogP contribution in [0.2, 0.25) is 0 Å². The van der Waals surface area contributed by atoms with Crippen LogP contribution in [0.4, 0.5) is 15.9 Å². The fourth-order valence-electron chi connectivity index (χ4n) is 4.24. The first-order valence-electron chi connectivity index (χ1n) is 11.4. The van der Waals surface area contributed by atoms with Crippen LogP contribution in [-0.4, -0.2) is 44.1 Å². The molecule has 1 saturated heterocycles. The van der Waals surface area contributed by atoms with Crippen molar-refractivity contribution in [1.82, 2.24) is 24.7 Å². The summed E-state index contributed by atoms with van der Waals surface area (Å²) >= 11 is 0. The fraction of sp³-hybridized carbons (Fsp3) is 0.231. The van der Waals surface area contributed by atoms with E-state index >= 15 is 4.39 Å². The topological polar surface area (TPSA) is 87.0 Å². The predicted octanol–water partition coefficient (Wildman–Crippen LogP) is 4.87. The molecule has 35 heavy (non-hydrogen) atoms. The van der Waals surface area contributed by atoms with Gasteiger partial charge >= 0.3 is 0 Å². The van der Waals surface area contributed by atoms with Gasteiger partial charge in [-0.3, -0.25) is 9.67 Å². The maximum Gasteiger partial charge on any atom is 0.156 e. The number of ether oxygens (including phenoxy) is 2. The van der Waals surface area contributed by atoms with E-state index < -0.39 is 5.82 Å². The molecule has 3 aromatic heterocycles. The zero-order valence-corrected chi connectivity index (χ0v) is 19.3. The van der Waals surface area contributed by atoms with Crippen molar-refractivity contribution in [3.8, 4) is 16.9 Å². The third kappa shape index (κ3) is 3.93. The minimum absolute atomic E-state index is 0.0763. The van der Waals surface area contributed by atoms with Crippen molar-refractivity contribution in [1.29, 1.82) is 0 Å². The van der Waals surface area contributed by atoms with E-state index in [1.54, 1.807) is 41.3 Å². The van der Waals surface area contributed by atoms with Crippen LogP contribution >= 0.6 is 0 Å². The van der Waals surface area contributed by atoms with Gasteiger partial charge < -0.3 is 14.8 Å². The highest BCUT2D eigenvalue weighted by Gasteiger charge is 2.28. The van der Waals surface area contributed by atoms with Gasteiger partial charge in [-0.25, -0.2) is 14.4 Å². The van der Waals surface area contributed by atoms with Gasteiger partial charge in [0.05, 0.1) is 41.5 Å². The molecule has 0 spiro atoms. The number of anilines is 2. The van der Waals surface area contributed by atoms with E-state index in [2.05, 4.69) is 25.4 Å². The molecule has 2 aromatic carbocycles. The number of aromatic nitrogens is 5. The van der Waals surface area contributed by atoms with Gasteiger partial charge in [-0.15, -0.1) is 0 Å². The molecule has 0 radical (unpaired) electrons. The maximum absolute atomic E-state index is 15.3. The number of fused-ring (bicyclic) bond motifs is 2. The van der Waals surface area contributed by atoms with Crippen LogP contribution < -0.4 is 10.1 Å². The lowest BCUT2D eigenvalue weighted by Crippen LogP contribution is -2.39. The third-order valence-corrected chi connectivity index (χ3v) is 6.35. The van der Waals surface area contributed by atoms with Gasteiger partial charge in [0.15, 0.2) is 5.82 Å². The van der Waals surface area contributed by atoms with Gasteiger partial charge in [0.2, 0.25) is 0 Å². The van der Waals surface area contributed by atoms with Crippen molar-refractivity contribution >= 4 is 33.3 Å². The van der Waals surface area contributed by atoms with Crippen LogP contribution in [0.1, 0.15) is 6.92 Å². The van der Waals surface area contributed by atoms with Gasteiger partial charge in [0, 0.05) is 36.3 Å². The molecule has 0 unspecified atom stereocenters. The molecule has 0 amide bonds. The first kappa shape index (κ1) is 21.4. The Morgan fingerprint density at radius 1 is 1.11 bits per heavy atom. The lowest BCUT2D eigenvalue weighted by molar-refractivity contribution is -0.0773. The predicted molar refractivity (Wildman–Crippen MR) is 131 cm³/mol. The average molecular weight is 471 g/mol. The van der Waals surface area contributed by atoms with Crippen molar-refractivity contribution in [3.05, 3.63) is 67.1 Å². The van der Waals surface area contributed by atoms with E-state index in [0.717, 1.165) is 11.1 Å². The second-order valence-corrected chi connectivity index (χ2v) is 8.74. The van der Waals surface area contributed by atoms with E-state index in [1.165, 1.54) is 6.33 Å². The summed E-state index contributed by atoms with van der Waals surface area (Å²) in [4.78, 5) is 13.2. The minimum atomic E-state index is -0.392. The highest BCUT2D eigenvalue weighted by atomic mass is 19.1. The minimum Gasteiger partial charge on any atom is -0.489 e. The smallest absolute Gasteiger partial charge is 0.156 e. The molecular weight excluding hydrogens is 447 g/mol. The fourth-order valence-corrected chi connectivity index (χ4v) is 4.24. The van der Waals surface area contributed by atoms with Crippen LogP contribution in [0.5, 0.6) is 5.75 Å². The van der Waals surface area contributed by atoms with Crippen LogP contribution in [-0.2, 0) is 11.8 Å². The number of benzene rings is 2. The summed E-state index contributed by atoms with van der Waals surface area (Å²) in [7, 11) is 1.87. The molecule has 4 heterocycles. The number of halogens is 1. The second kappa shape index (κ2) is 8.59. The van der Waals surface area contributed by atoms with Crippen LogP contribution in [0.25, 0.3) is 32.9 Å². The molecule has 5 aromatic rings. The lowest BCUT2D eigenvalue weighted by Gasteiger charge is -2.32. The Hall–Kier alpha value is -4.11. The average Bonchev–Trinajstić information content (AvgIpc) is 3.26. The molecule has 1 N–H and O–H groups in total. The molecule has 0 aliphatic carbocycles. The second-order valence-electron chi connectivity index (χ2n) is 8.74. The van der Waals surface area contributed by atoms with Gasteiger partial charge in [-0.05, 0) is 48.9 Å². The molecule has 6 rings (SSSR count). The Morgan fingerprint density at radius 3 is 2.77 bits per heavy atom. The van der Waals surface area contributed by atoms with Crippen molar-refractivity contribution in [3.63, 3.8) is 0 Å². The van der Waals surface area contributed by atoms with Gasteiger partial charge in [-0.1, -0.05) is 0 Å². The summed E-state index contributed by atoms with van der Waals surface area (Å²) in [6.07, 6.45) is 6.77. The number of hydrogen-bond acceptors (Lipinski definition) is 7. The summed E-state index contributed by atoms with van der Waals surface area (Å²) in [5.41, 5.74) is 3.43. The maximum atomic E-state index is 15.3. The SMILES string of the molecule is C[C@@H](Oc1cc(-c2cnn(C)c2)cc2ncnc(Nc3ccc4ncccc4c3F)c12)C1COC1. The molecular formula is C26H23FN6O2. The number of rotatable bonds is 6. The molecule has 1 aliphatic heterocycles. The number of nitrogens with zero attached hydrogens (tertiary/aromatic N) is 5. The van der Waals surface area contributed by atoms with Crippen molar-refractivity contribution in [2.75, 3.05) is 18.5 Å². The monoisotopic (exact) mass is 470 g/mol. The van der Waals surface area contributed by atoms with E-state index in [4.69, 9.17) is 9.47 Å². The highest BCUT2D eigenvalue weighted by molar-refractivity contribution is 5.99. The number of hydrogen-bond donors (Lipinski definition) is 1. The molecule has 176 valence electrons. The Kier molecular flexibility index (Phi) is 5.26. The molecule has 8 nitrogen and oxygen atoms in total. The summed E-state index contributed by atoms with van der Waals surface area (Å²) < 4.78 is 28.9. The first-order valence-corrected chi connectivity index (χ1v) is 11.4. The summed E-state index contributed by atoms with van der Waals surface area (Å²) in [6, 6.07) is 10.8. The molecule has 0 bridgehead atoms. The molecule has 1 fully saturated rings. The third-order valence-electron chi connectivity index (χ3n) is 6.35. The Bertz CT molecular complexity index is 1550. The number of pyridine rings is 1. The van der Waals surface area contributed by atoms with E-state index in [-0.39, 0.29) is 6.10 Å². The summed E-state index contributed by atoms with van der Waals surface area (Å²) in [6.45, 7) is 3.36. The lowest BCUT2D eigenvalue weighted by atomic mass is 10.0. The van der Waals surface area contributed by atoms with Crippen LogP contribution in [0.15, 0.2) is 61.3 Å². The van der Waals surface area contributed by atoms with Gasteiger partial charge in [0.1, 0.15) is 24.0 Å². The van der Waals surface area contributed by atoms with Gasteiger partial charge in [0.25, 0.3) is 0 Å². The standard InChI is InChI=1S/C26H23FN6O2/c1-15(18-12-34-13-18)35-23-9-16(17-10-31-33(2)11-17)8-22-24(23)26(30-14-29-22)32-21-6-5-20-19(25(21)27)4-3-7-28-20/h3-11,14-15,18H,12-13H2,1-2H3,(H,29,30,32)/t15-/m1/s1. The molecule has 9 heteroatoms. The van der Waals surface area contributed by atoms with Crippen LogP contribution in [0, 0.1) is 11.7 Å². The first-order chi connectivity index (χ1) is 17.1. The number of nitrogens with one attached hydrogen (secondary N) is 1. The largest absolute Gasteiger partial charge is 0.489 e. The van der Waals surface area contributed by atoms with Crippen molar-refractivity contribution in [2.45, 2.75) is 13.0 Å². The Labute approximate surface area is 200 Å². The number of aryl methyl sites for hydroxylation is 1. The van der Waals surface area contributed by atoms with E-state index in [9.17, 15) is 0 Å². The highest BCUT2D eigenvalue weighted by Crippen LogP contribution is 2.38. The molecule has 1 aliphatic rings. The zero-order chi connectivity index (χ0) is 23.9. The summed E-state index contributed by atoms with van der Waals surface area (Å²) in [5.74, 6) is 0.990. The van der Waals surface area contributed by atoms with Crippen molar-refractivity contribution < 1.29 is 13.9 Å². The normalized spacial score (nSPS) is 14.7. The molecule has 0 saturated carbocycles. The quantitative estimate of drug-likeness (QED) is 0.379. The van der Waals surface area contributed by atoms with E-state index in [0.29, 0.717) is 58.2 Å². The Balaban J connectivity index is 1.47. The van der Waals surface area contributed by atoms with Crippen molar-refractivity contribution in [2.24, 2.45) is 13.0 Å². The summed E-state index contributed by atoms with van der Waals surface area (Å²) in [5, 5.41) is 8.57. The van der Waals surface area contributed by atoms with Crippen LogP contribution in [0.3, 0.4) is 0 Å². The Morgan fingerprint density at radius 2 is 2.00 bits per heavy atom. The molecule has 1 atom stereocenters. The zero-order valence-electron chi connectivity index (χ0n) is 19.3. The van der Waals surface area contributed by atoms with E-state index in [1.807, 2.05) is 32.3 Å². The van der Waals surface area contributed by atoms with Gasteiger partial charge in [-0.2, -0.15) is 5.10 Å².